The van der Waals surface area contributed by atoms with E-state index < -0.39 is 11.9 Å². The minimum atomic E-state index is -1.37. The molecule has 0 radical (unpaired) electrons. The Kier molecular flexibility index (Phi) is 4.61. The van der Waals surface area contributed by atoms with Crippen LogP contribution in [0.2, 0.25) is 0 Å². The third-order valence-corrected chi connectivity index (χ3v) is 2.88. The van der Waals surface area contributed by atoms with Crippen LogP contribution >= 0.6 is 0 Å². The number of anilines is 1. The van der Waals surface area contributed by atoms with Crippen LogP contribution in [0.5, 0.6) is 11.5 Å². The molecular formula is C16H13NO6. The number of amides is 1. The Morgan fingerprint density at radius 1 is 0.957 bits per heavy atom. The van der Waals surface area contributed by atoms with E-state index in [0.29, 0.717) is 11.4 Å². The second-order valence-electron chi connectivity index (χ2n) is 4.60. The lowest BCUT2D eigenvalue weighted by atomic mass is 10.1. The second kappa shape index (κ2) is 6.61. The quantitative estimate of drug-likeness (QED) is 0.782. The number of nitrogens with one attached hydrogen (secondary N) is 1. The average Bonchev–Trinajstić information content (AvgIpc) is 2.48. The van der Waals surface area contributed by atoms with Gasteiger partial charge in [-0.2, -0.15) is 0 Å². The number of para-hydroxylation sites is 2. The van der Waals surface area contributed by atoms with Crippen molar-refractivity contribution in [2.45, 2.75) is 6.92 Å². The topological polar surface area (TPSA) is 113 Å². The predicted octanol–water partition coefficient (Wildman–Crippen LogP) is 2.83. The summed E-state index contributed by atoms with van der Waals surface area (Å²) >= 11 is 0. The van der Waals surface area contributed by atoms with E-state index in [4.69, 9.17) is 14.9 Å². The van der Waals surface area contributed by atoms with E-state index in [1.807, 2.05) is 0 Å². The highest BCUT2D eigenvalue weighted by Gasteiger charge is 2.17. The highest BCUT2D eigenvalue weighted by Crippen LogP contribution is 2.30. The van der Waals surface area contributed by atoms with Crippen LogP contribution in [0, 0.1) is 0 Å². The van der Waals surface area contributed by atoms with Crippen LogP contribution in [-0.4, -0.2) is 28.1 Å². The smallest absolute Gasteiger partial charge is 0.336 e. The van der Waals surface area contributed by atoms with Crippen LogP contribution in [0.3, 0.4) is 0 Å². The lowest BCUT2D eigenvalue weighted by molar-refractivity contribution is -0.114. The van der Waals surface area contributed by atoms with E-state index in [1.165, 1.54) is 13.0 Å². The third kappa shape index (κ3) is 3.85. The summed E-state index contributed by atoms with van der Waals surface area (Å²) in [5, 5.41) is 20.7. The molecule has 0 saturated carbocycles. The molecule has 0 aliphatic heterocycles. The fourth-order valence-corrected chi connectivity index (χ4v) is 1.93. The van der Waals surface area contributed by atoms with Crippen molar-refractivity contribution in [1.29, 1.82) is 0 Å². The normalized spacial score (nSPS) is 9.96. The Morgan fingerprint density at radius 2 is 1.61 bits per heavy atom. The largest absolute Gasteiger partial charge is 0.478 e. The van der Waals surface area contributed by atoms with Gasteiger partial charge in [0.25, 0.3) is 0 Å². The maximum Gasteiger partial charge on any atom is 0.336 e. The Bertz CT molecular complexity index is 784. The zero-order valence-corrected chi connectivity index (χ0v) is 12.1. The first-order chi connectivity index (χ1) is 10.9. The molecule has 2 aromatic carbocycles. The van der Waals surface area contributed by atoms with Gasteiger partial charge in [0.1, 0.15) is 5.75 Å². The van der Waals surface area contributed by atoms with Crippen molar-refractivity contribution < 1.29 is 29.3 Å². The van der Waals surface area contributed by atoms with Gasteiger partial charge in [0.05, 0.1) is 16.8 Å². The van der Waals surface area contributed by atoms with Crippen LogP contribution in [0.1, 0.15) is 27.6 Å². The highest BCUT2D eigenvalue weighted by atomic mass is 16.5. The van der Waals surface area contributed by atoms with Crippen molar-refractivity contribution in [3.05, 3.63) is 53.6 Å². The van der Waals surface area contributed by atoms with Crippen molar-refractivity contribution in [2.24, 2.45) is 0 Å². The van der Waals surface area contributed by atoms with Crippen LogP contribution in [0.15, 0.2) is 42.5 Å². The number of hydrogen-bond acceptors (Lipinski definition) is 4. The Morgan fingerprint density at radius 3 is 2.22 bits per heavy atom. The van der Waals surface area contributed by atoms with E-state index in [1.54, 1.807) is 24.3 Å². The number of ether oxygens (including phenoxy) is 1. The van der Waals surface area contributed by atoms with Crippen LogP contribution in [0.25, 0.3) is 0 Å². The molecule has 0 spiro atoms. The molecular weight excluding hydrogens is 302 g/mol. The number of carboxylic acid groups (broad SMARTS) is 2. The number of hydrogen-bond donors (Lipinski definition) is 3. The standard InChI is InChI=1S/C16H13NO6/c1-9(18)17-13-4-2-3-5-14(13)23-10-6-7-11(15(19)20)12(8-10)16(21)22/h2-8H,1H3,(H,17,18)(H,19,20)(H,21,22). The van der Waals surface area contributed by atoms with Gasteiger partial charge in [0, 0.05) is 6.92 Å². The van der Waals surface area contributed by atoms with Crippen molar-refractivity contribution in [3.8, 4) is 11.5 Å². The van der Waals surface area contributed by atoms with Crippen molar-refractivity contribution in [3.63, 3.8) is 0 Å². The molecule has 0 aliphatic carbocycles. The molecule has 0 aliphatic rings. The summed E-state index contributed by atoms with van der Waals surface area (Å²) < 4.78 is 5.56. The molecule has 23 heavy (non-hydrogen) atoms. The predicted molar refractivity (Wildman–Crippen MR) is 81.2 cm³/mol. The second-order valence-corrected chi connectivity index (χ2v) is 4.60. The Hall–Kier alpha value is -3.35. The van der Waals surface area contributed by atoms with Crippen LogP contribution in [-0.2, 0) is 4.79 Å². The molecule has 2 rings (SSSR count). The zero-order chi connectivity index (χ0) is 17.0. The van der Waals surface area contributed by atoms with Gasteiger partial charge < -0.3 is 20.3 Å². The maximum atomic E-state index is 11.2. The number of rotatable bonds is 5. The van der Waals surface area contributed by atoms with Gasteiger partial charge in [0.2, 0.25) is 5.91 Å². The molecule has 0 atom stereocenters. The summed E-state index contributed by atoms with van der Waals surface area (Å²) in [5.41, 5.74) is -0.300. The number of carboxylic acids is 2. The first-order valence-corrected chi connectivity index (χ1v) is 6.53. The molecule has 2 aromatic rings. The van der Waals surface area contributed by atoms with Gasteiger partial charge in [-0.3, -0.25) is 4.79 Å². The average molecular weight is 315 g/mol. The zero-order valence-electron chi connectivity index (χ0n) is 12.1. The first-order valence-electron chi connectivity index (χ1n) is 6.53. The van der Waals surface area contributed by atoms with Crippen molar-refractivity contribution in [1.82, 2.24) is 0 Å². The number of aromatic carboxylic acids is 2. The highest BCUT2D eigenvalue weighted by molar-refractivity contribution is 6.02. The SMILES string of the molecule is CC(=O)Nc1ccccc1Oc1ccc(C(=O)O)c(C(=O)O)c1. The fraction of sp³-hybridized carbons (Fsp3) is 0.0625. The molecule has 0 fully saturated rings. The number of carbonyl (C=O) groups is 3. The summed E-state index contributed by atoms with van der Waals surface area (Å²) in [6.45, 7) is 1.35. The molecule has 1 amide bonds. The van der Waals surface area contributed by atoms with Crippen molar-refractivity contribution >= 4 is 23.5 Å². The van der Waals surface area contributed by atoms with Gasteiger partial charge in [-0.25, -0.2) is 9.59 Å². The Labute approximate surface area is 131 Å². The summed E-state index contributed by atoms with van der Waals surface area (Å²) in [6, 6.07) is 10.2. The molecule has 3 N–H and O–H groups in total. The lowest BCUT2D eigenvalue weighted by Crippen LogP contribution is -2.08. The van der Waals surface area contributed by atoms with Gasteiger partial charge in [0.15, 0.2) is 5.75 Å². The number of benzene rings is 2. The van der Waals surface area contributed by atoms with Gasteiger partial charge >= 0.3 is 11.9 Å². The van der Waals surface area contributed by atoms with Crippen LogP contribution < -0.4 is 10.1 Å². The van der Waals surface area contributed by atoms with Gasteiger partial charge in [-0.15, -0.1) is 0 Å². The minimum Gasteiger partial charge on any atom is -0.478 e. The fourth-order valence-electron chi connectivity index (χ4n) is 1.93. The number of carbonyl (C=O) groups excluding carboxylic acids is 1. The summed E-state index contributed by atoms with van der Waals surface area (Å²) in [5.74, 6) is -2.54. The summed E-state index contributed by atoms with van der Waals surface area (Å²) in [4.78, 5) is 33.4. The molecule has 0 unspecified atom stereocenters. The summed E-state index contributed by atoms with van der Waals surface area (Å²) in [6.07, 6.45) is 0. The van der Waals surface area contributed by atoms with Crippen molar-refractivity contribution in [2.75, 3.05) is 5.32 Å². The molecule has 118 valence electrons. The monoisotopic (exact) mass is 315 g/mol. The molecule has 0 saturated heterocycles. The molecule has 7 heteroatoms. The molecule has 7 nitrogen and oxygen atoms in total. The lowest BCUT2D eigenvalue weighted by Gasteiger charge is -2.12. The summed E-state index contributed by atoms with van der Waals surface area (Å²) in [7, 11) is 0. The molecule has 0 bridgehead atoms. The maximum absolute atomic E-state index is 11.2. The Balaban J connectivity index is 2.38. The van der Waals surface area contributed by atoms with E-state index in [-0.39, 0.29) is 22.8 Å². The van der Waals surface area contributed by atoms with E-state index in [2.05, 4.69) is 5.32 Å². The third-order valence-electron chi connectivity index (χ3n) is 2.88. The van der Waals surface area contributed by atoms with Crippen LogP contribution in [0.4, 0.5) is 5.69 Å². The van der Waals surface area contributed by atoms with E-state index in [0.717, 1.165) is 12.1 Å². The van der Waals surface area contributed by atoms with Gasteiger partial charge in [-0.1, -0.05) is 12.1 Å². The molecule has 0 heterocycles. The van der Waals surface area contributed by atoms with E-state index >= 15 is 0 Å². The molecule has 0 aromatic heterocycles. The van der Waals surface area contributed by atoms with E-state index in [9.17, 15) is 14.4 Å². The minimum absolute atomic E-state index is 0.144. The first kappa shape index (κ1) is 16.0. The van der Waals surface area contributed by atoms with Gasteiger partial charge in [-0.05, 0) is 30.3 Å².